The lowest BCUT2D eigenvalue weighted by Gasteiger charge is -2.09. The Morgan fingerprint density at radius 1 is 0.921 bits per heavy atom. The second-order valence-electron chi connectivity index (χ2n) is 8.19. The molecule has 38 heavy (non-hydrogen) atoms. The van der Waals surface area contributed by atoms with Crippen molar-refractivity contribution in [3.8, 4) is 11.5 Å². The average molecular weight is 612 g/mol. The number of hydrazone groups is 1. The van der Waals surface area contributed by atoms with Crippen LogP contribution >= 0.6 is 39.1 Å². The summed E-state index contributed by atoms with van der Waals surface area (Å²) in [6.45, 7) is 2.20. The van der Waals surface area contributed by atoms with E-state index < -0.39 is 11.9 Å². The van der Waals surface area contributed by atoms with Gasteiger partial charge >= 0.3 is 5.97 Å². The molecular weight excluding hydrogens is 591 g/mol. The molecule has 0 aliphatic heterocycles. The Balaban J connectivity index is 1.36. The minimum absolute atomic E-state index is 0.259. The van der Waals surface area contributed by atoms with Crippen LogP contribution in [0.15, 0.2) is 94.5 Å². The number of esters is 1. The molecule has 9 heteroatoms. The minimum atomic E-state index is -0.494. The van der Waals surface area contributed by atoms with Gasteiger partial charge in [0.25, 0.3) is 5.91 Å². The summed E-state index contributed by atoms with van der Waals surface area (Å²) < 4.78 is 12.1. The maximum atomic E-state index is 12.6. The van der Waals surface area contributed by atoms with Crippen molar-refractivity contribution in [3.63, 3.8) is 0 Å². The van der Waals surface area contributed by atoms with Crippen LogP contribution in [0.3, 0.4) is 0 Å². The van der Waals surface area contributed by atoms with Crippen molar-refractivity contribution in [1.29, 1.82) is 0 Å². The summed E-state index contributed by atoms with van der Waals surface area (Å²) in [6.07, 6.45) is 1.41. The maximum Gasteiger partial charge on any atom is 0.343 e. The second kappa shape index (κ2) is 12.7. The van der Waals surface area contributed by atoms with E-state index in [4.69, 9.17) is 32.7 Å². The fourth-order valence-corrected chi connectivity index (χ4v) is 4.13. The molecule has 0 saturated heterocycles. The minimum Gasteiger partial charge on any atom is -0.489 e. The number of nitrogens with one attached hydrogen (secondary N) is 1. The van der Waals surface area contributed by atoms with Crippen LogP contribution in [0.1, 0.15) is 37.4 Å². The first-order valence-electron chi connectivity index (χ1n) is 11.4. The van der Waals surface area contributed by atoms with Crippen LogP contribution in [-0.4, -0.2) is 18.1 Å². The predicted molar refractivity (Wildman–Crippen MR) is 153 cm³/mol. The zero-order chi connectivity index (χ0) is 27.1. The largest absolute Gasteiger partial charge is 0.489 e. The van der Waals surface area contributed by atoms with Crippen LogP contribution in [0.4, 0.5) is 0 Å². The van der Waals surface area contributed by atoms with Crippen molar-refractivity contribution in [3.05, 3.63) is 127 Å². The number of benzene rings is 4. The fourth-order valence-electron chi connectivity index (χ4n) is 3.29. The third kappa shape index (κ3) is 7.44. The molecule has 4 aromatic carbocycles. The lowest BCUT2D eigenvalue weighted by atomic mass is 10.1. The number of hydrogen-bond donors (Lipinski definition) is 1. The molecule has 0 heterocycles. The van der Waals surface area contributed by atoms with E-state index in [1.165, 1.54) is 6.21 Å². The first-order valence-corrected chi connectivity index (χ1v) is 12.9. The van der Waals surface area contributed by atoms with Gasteiger partial charge in [-0.25, -0.2) is 10.2 Å². The van der Waals surface area contributed by atoms with Gasteiger partial charge in [-0.3, -0.25) is 4.79 Å². The number of hydrogen-bond acceptors (Lipinski definition) is 5. The van der Waals surface area contributed by atoms with Crippen LogP contribution in [0, 0.1) is 6.92 Å². The molecule has 0 fully saturated rings. The third-order valence-corrected chi connectivity index (χ3v) is 6.44. The van der Waals surface area contributed by atoms with Gasteiger partial charge in [0.05, 0.1) is 11.8 Å². The number of ether oxygens (including phenoxy) is 2. The van der Waals surface area contributed by atoms with E-state index in [-0.39, 0.29) is 6.61 Å². The summed E-state index contributed by atoms with van der Waals surface area (Å²) in [5, 5.41) is 5.10. The molecule has 0 atom stereocenters. The summed E-state index contributed by atoms with van der Waals surface area (Å²) in [5.74, 6) is -0.0299. The Morgan fingerprint density at radius 3 is 2.34 bits per heavy atom. The first-order chi connectivity index (χ1) is 18.3. The van der Waals surface area contributed by atoms with Gasteiger partial charge in [0.1, 0.15) is 18.1 Å². The van der Waals surface area contributed by atoms with E-state index in [1.54, 1.807) is 72.8 Å². The molecule has 0 saturated carbocycles. The molecule has 1 amide bonds. The van der Waals surface area contributed by atoms with E-state index in [0.29, 0.717) is 38.2 Å². The van der Waals surface area contributed by atoms with Crippen LogP contribution in [0.5, 0.6) is 11.5 Å². The topological polar surface area (TPSA) is 77.0 Å². The molecule has 0 aliphatic carbocycles. The van der Waals surface area contributed by atoms with E-state index in [9.17, 15) is 9.59 Å². The van der Waals surface area contributed by atoms with E-state index in [2.05, 4.69) is 26.5 Å². The fraction of sp³-hybridized carbons (Fsp3) is 0.0690. The lowest BCUT2D eigenvalue weighted by Crippen LogP contribution is -2.17. The summed E-state index contributed by atoms with van der Waals surface area (Å²) in [5.41, 5.74) is 5.64. The average Bonchev–Trinajstić information content (AvgIpc) is 2.90. The molecule has 0 bridgehead atoms. The third-order valence-electron chi connectivity index (χ3n) is 5.36. The summed E-state index contributed by atoms with van der Waals surface area (Å²) >= 11 is 15.5. The van der Waals surface area contributed by atoms with Gasteiger partial charge < -0.3 is 9.47 Å². The predicted octanol–water partition coefficient (Wildman–Crippen LogP) is 7.63. The van der Waals surface area contributed by atoms with E-state index in [1.807, 2.05) is 19.1 Å². The summed E-state index contributed by atoms with van der Waals surface area (Å²) in [7, 11) is 0. The summed E-state index contributed by atoms with van der Waals surface area (Å²) in [6, 6.07) is 24.0. The Hall–Kier alpha value is -3.65. The number of halogens is 3. The second-order valence-corrected chi connectivity index (χ2v) is 9.94. The van der Waals surface area contributed by atoms with Gasteiger partial charge in [-0.2, -0.15) is 5.10 Å². The number of nitrogens with zero attached hydrogens (tertiary/aromatic N) is 1. The lowest BCUT2D eigenvalue weighted by molar-refractivity contribution is 0.0734. The van der Waals surface area contributed by atoms with Gasteiger partial charge in [0, 0.05) is 31.2 Å². The number of aryl methyl sites for hydroxylation is 1. The highest BCUT2D eigenvalue weighted by Gasteiger charge is 2.12. The highest BCUT2D eigenvalue weighted by Crippen LogP contribution is 2.24. The van der Waals surface area contributed by atoms with Crippen molar-refractivity contribution in [1.82, 2.24) is 5.43 Å². The van der Waals surface area contributed by atoms with Gasteiger partial charge in [-0.1, -0.05) is 62.9 Å². The van der Waals surface area contributed by atoms with Gasteiger partial charge in [0.15, 0.2) is 0 Å². The van der Waals surface area contributed by atoms with Gasteiger partial charge in [0.2, 0.25) is 0 Å². The molecule has 4 rings (SSSR count). The molecule has 0 spiro atoms. The van der Waals surface area contributed by atoms with E-state index >= 15 is 0 Å². The highest BCUT2D eigenvalue weighted by molar-refractivity contribution is 9.10. The molecule has 1 N–H and O–H groups in total. The smallest absolute Gasteiger partial charge is 0.343 e. The number of carbonyl (C=O) groups is 2. The molecule has 0 unspecified atom stereocenters. The molecule has 6 nitrogen and oxygen atoms in total. The summed E-state index contributed by atoms with van der Waals surface area (Å²) in [4.78, 5) is 25.1. The molecule has 0 aromatic heterocycles. The van der Waals surface area contributed by atoms with Crippen molar-refractivity contribution in [2.24, 2.45) is 5.10 Å². The zero-order valence-corrected chi connectivity index (χ0v) is 23.2. The standard InChI is InChI=1S/C29H21BrCl2N2O4/c1-18-2-4-20(5-3-18)29(36)38-27-13-9-23(30)14-22(27)16-33-34-28(35)19-7-11-25(12-8-19)37-17-21-6-10-24(31)15-26(21)32/h2-16H,17H2,1H3,(H,34,35)/b33-16-. The van der Waals surface area contributed by atoms with Crippen molar-refractivity contribution < 1.29 is 19.1 Å². The SMILES string of the molecule is Cc1ccc(C(=O)Oc2ccc(Br)cc2/C=N\NC(=O)c2ccc(OCc3ccc(Cl)cc3Cl)cc2)cc1. The monoisotopic (exact) mass is 610 g/mol. The first kappa shape index (κ1) is 27.4. The number of carbonyl (C=O) groups excluding carboxylic acids is 2. The number of rotatable bonds is 8. The van der Waals surface area contributed by atoms with Crippen LogP contribution in [0.25, 0.3) is 0 Å². The maximum absolute atomic E-state index is 12.6. The molecule has 192 valence electrons. The Morgan fingerprint density at radius 2 is 1.63 bits per heavy atom. The van der Waals surface area contributed by atoms with Gasteiger partial charge in [-0.15, -0.1) is 0 Å². The van der Waals surface area contributed by atoms with Crippen molar-refractivity contribution in [2.75, 3.05) is 0 Å². The quantitative estimate of drug-likeness (QED) is 0.0962. The Kier molecular flexibility index (Phi) is 9.18. The zero-order valence-electron chi connectivity index (χ0n) is 20.1. The normalized spacial score (nSPS) is 10.8. The van der Waals surface area contributed by atoms with Crippen LogP contribution < -0.4 is 14.9 Å². The van der Waals surface area contributed by atoms with Gasteiger partial charge in [-0.05, 0) is 73.7 Å². The molecule has 0 aliphatic rings. The molecule has 0 radical (unpaired) electrons. The highest BCUT2D eigenvalue weighted by atomic mass is 79.9. The van der Waals surface area contributed by atoms with Crippen LogP contribution in [-0.2, 0) is 6.61 Å². The number of amides is 1. The van der Waals surface area contributed by atoms with Crippen LogP contribution in [0.2, 0.25) is 10.0 Å². The molecule has 4 aromatic rings. The van der Waals surface area contributed by atoms with Crippen molar-refractivity contribution in [2.45, 2.75) is 13.5 Å². The Bertz CT molecular complexity index is 1490. The Labute approximate surface area is 238 Å². The van der Waals surface area contributed by atoms with Crippen molar-refractivity contribution >= 4 is 57.2 Å². The van der Waals surface area contributed by atoms with E-state index in [0.717, 1.165) is 15.6 Å². The molecular formula is C29H21BrCl2N2O4.